The number of hydrogen-bond donors (Lipinski definition) is 2. The van der Waals surface area contributed by atoms with Gasteiger partial charge in [0.05, 0.1) is 7.11 Å². The fraction of sp³-hybridized carbons (Fsp3) is 0.400. The number of rotatable bonds is 7. The van der Waals surface area contributed by atoms with Crippen LogP contribution in [-0.2, 0) is 9.59 Å². The largest absolute Gasteiger partial charge is 0.497 e. The summed E-state index contributed by atoms with van der Waals surface area (Å²) in [5, 5.41) is 11.3. The van der Waals surface area contributed by atoms with Crippen LogP contribution in [0.1, 0.15) is 23.7 Å². The Hall–Kier alpha value is -2.57. The van der Waals surface area contributed by atoms with E-state index in [0.29, 0.717) is 17.0 Å². The normalized spacial score (nSPS) is 11.5. The second-order valence-corrected chi connectivity index (χ2v) is 5.00. The number of carbonyl (C=O) groups excluding carboxylic acids is 2. The maximum absolute atomic E-state index is 12.4. The number of hydrogen-bond acceptors (Lipinski definition) is 5. The molecule has 7 nitrogen and oxygen atoms in total. The molecule has 1 aromatic carbocycles. The molecular formula is C15H20N2O5. The van der Waals surface area contributed by atoms with E-state index in [4.69, 9.17) is 9.84 Å². The summed E-state index contributed by atoms with van der Waals surface area (Å²) in [5.74, 6) is -1.64. The van der Waals surface area contributed by atoms with Crippen LogP contribution >= 0.6 is 0 Å². The van der Waals surface area contributed by atoms with Crippen molar-refractivity contribution in [3.05, 3.63) is 23.8 Å². The number of Topliss-reactive ketones (excluding diaryl/α,β-unsaturated/α-hetero) is 1. The molecule has 120 valence electrons. The predicted molar refractivity (Wildman–Crippen MR) is 81.5 cm³/mol. The Morgan fingerprint density at radius 3 is 2.41 bits per heavy atom. The highest BCUT2D eigenvalue weighted by molar-refractivity contribution is 6.04. The van der Waals surface area contributed by atoms with Crippen LogP contribution in [0, 0.1) is 0 Å². The van der Waals surface area contributed by atoms with Gasteiger partial charge in [-0.15, -0.1) is 0 Å². The number of amides is 1. The van der Waals surface area contributed by atoms with E-state index >= 15 is 0 Å². The molecule has 7 heteroatoms. The summed E-state index contributed by atoms with van der Waals surface area (Å²) in [5.41, 5.74) is 0.999. The summed E-state index contributed by atoms with van der Waals surface area (Å²) in [7, 11) is 5.04. The molecule has 0 bridgehead atoms. The van der Waals surface area contributed by atoms with Crippen molar-refractivity contribution < 1.29 is 24.2 Å². The Bertz CT molecular complexity index is 583. The van der Waals surface area contributed by atoms with Gasteiger partial charge in [0, 0.05) is 38.7 Å². The number of ketones is 1. The van der Waals surface area contributed by atoms with Gasteiger partial charge >= 0.3 is 5.97 Å². The molecular weight excluding hydrogens is 288 g/mol. The molecule has 0 saturated carbocycles. The summed E-state index contributed by atoms with van der Waals surface area (Å²) in [6.07, 6.45) is -0.330. The third-order valence-corrected chi connectivity index (χ3v) is 3.05. The lowest BCUT2D eigenvalue weighted by atomic mass is 10.0. The van der Waals surface area contributed by atoms with Crippen molar-refractivity contribution in [2.75, 3.05) is 26.1 Å². The number of methoxy groups -OCH3 is 1. The molecule has 0 aliphatic carbocycles. The van der Waals surface area contributed by atoms with Crippen LogP contribution in [0.3, 0.4) is 0 Å². The lowest BCUT2D eigenvalue weighted by molar-refractivity contribution is -0.141. The molecule has 0 aliphatic heterocycles. The first-order valence-corrected chi connectivity index (χ1v) is 6.64. The molecule has 0 aliphatic rings. The number of carboxylic acids is 1. The summed E-state index contributed by atoms with van der Waals surface area (Å²) in [6.45, 7) is 1.21. The lowest BCUT2D eigenvalue weighted by Gasteiger charge is -2.19. The minimum atomic E-state index is -1.26. The minimum Gasteiger partial charge on any atom is -0.497 e. The molecule has 1 rings (SSSR count). The molecule has 1 aromatic rings. The average molecular weight is 308 g/mol. The number of benzene rings is 1. The molecule has 0 heterocycles. The highest BCUT2D eigenvalue weighted by Crippen LogP contribution is 2.25. The van der Waals surface area contributed by atoms with Gasteiger partial charge in [-0.2, -0.15) is 0 Å². The van der Waals surface area contributed by atoms with Gasteiger partial charge in [-0.1, -0.05) is 0 Å². The van der Waals surface area contributed by atoms with Gasteiger partial charge in [-0.05, 0) is 18.2 Å². The highest BCUT2D eigenvalue weighted by Gasteiger charge is 2.24. The SMILES string of the molecule is COc1ccc(N(C)C)c(C(=O)CC(NC(C)=O)C(=O)O)c1. The Kier molecular flexibility index (Phi) is 5.91. The van der Waals surface area contributed by atoms with Gasteiger partial charge in [0.1, 0.15) is 11.8 Å². The van der Waals surface area contributed by atoms with Crippen molar-refractivity contribution in [3.63, 3.8) is 0 Å². The fourth-order valence-electron chi connectivity index (χ4n) is 2.00. The summed E-state index contributed by atoms with van der Waals surface area (Å²) in [4.78, 5) is 36.4. The lowest BCUT2D eigenvalue weighted by Crippen LogP contribution is -2.41. The monoisotopic (exact) mass is 308 g/mol. The zero-order chi connectivity index (χ0) is 16.9. The van der Waals surface area contributed by atoms with Gasteiger partial charge in [-0.3, -0.25) is 9.59 Å². The summed E-state index contributed by atoms with van der Waals surface area (Å²) < 4.78 is 5.10. The second kappa shape index (κ2) is 7.44. The molecule has 1 atom stereocenters. The third-order valence-electron chi connectivity index (χ3n) is 3.05. The van der Waals surface area contributed by atoms with E-state index in [1.165, 1.54) is 14.0 Å². The minimum absolute atomic E-state index is 0.330. The molecule has 0 spiro atoms. The number of nitrogens with one attached hydrogen (secondary N) is 1. The Morgan fingerprint density at radius 1 is 1.32 bits per heavy atom. The molecule has 1 unspecified atom stereocenters. The molecule has 2 N–H and O–H groups in total. The number of carboxylic acid groups (broad SMARTS) is 1. The van der Waals surface area contributed by atoms with Crippen molar-refractivity contribution in [2.24, 2.45) is 0 Å². The molecule has 0 fully saturated rings. The van der Waals surface area contributed by atoms with Gasteiger partial charge in [-0.25, -0.2) is 4.79 Å². The maximum Gasteiger partial charge on any atom is 0.326 e. The number of anilines is 1. The van der Waals surface area contributed by atoms with Crippen molar-refractivity contribution in [1.82, 2.24) is 5.32 Å². The standard InChI is InChI=1S/C15H20N2O5/c1-9(18)16-12(15(20)21)8-14(19)11-7-10(22-4)5-6-13(11)17(2)3/h5-7,12H,8H2,1-4H3,(H,16,18)(H,20,21). The van der Waals surface area contributed by atoms with E-state index in [1.807, 2.05) is 0 Å². The zero-order valence-corrected chi connectivity index (χ0v) is 13.0. The zero-order valence-electron chi connectivity index (χ0n) is 13.0. The summed E-state index contributed by atoms with van der Waals surface area (Å²) >= 11 is 0. The first-order valence-electron chi connectivity index (χ1n) is 6.64. The smallest absolute Gasteiger partial charge is 0.326 e. The van der Waals surface area contributed by atoms with E-state index < -0.39 is 17.9 Å². The first kappa shape index (κ1) is 17.5. The Morgan fingerprint density at radius 2 is 1.95 bits per heavy atom. The maximum atomic E-state index is 12.4. The topological polar surface area (TPSA) is 95.9 Å². The number of aliphatic carboxylic acids is 1. The van der Waals surface area contributed by atoms with Gasteiger partial charge in [0.15, 0.2) is 5.78 Å². The second-order valence-electron chi connectivity index (χ2n) is 5.00. The molecule has 0 aromatic heterocycles. The highest BCUT2D eigenvalue weighted by atomic mass is 16.5. The van der Waals surface area contributed by atoms with Crippen LogP contribution < -0.4 is 15.0 Å². The van der Waals surface area contributed by atoms with E-state index in [1.54, 1.807) is 37.2 Å². The van der Waals surface area contributed by atoms with Crippen LogP contribution in [0.25, 0.3) is 0 Å². The van der Waals surface area contributed by atoms with Crippen LogP contribution in [0.4, 0.5) is 5.69 Å². The van der Waals surface area contributed by atoms with Crippen molar-refractivity contribution in [1.29, 1.82) is 0 Å². The van der Waals surface area contributed by atoms with Gasteiger partial charge < -0.3 is 20.1 Å². The van der Waals surface area contributed by atoms with Crippen LogP contribution in [0.2, 0.25) is 0 Å². The molecule has 0 saturated heterocycles. The predicted octanol–water partition coefficient (Wildman–Crippen LogP) is 0.923. The van der Waals surface area contributed by atoms with Crippen LogP contribution in [-0.4, -0.2) is 50.0 Å². The van der Waals surface area contributed by atoms with Crippen molar-refractivity contribution in [2.45, 2.75) is 19.4 Å². The van der Waals surface area contributed by atoms with Gasteiger partial charge in [0.25, 0.3) is 0 Å². The molecule has 1 amide bonds. The van der Waals surface area contributed by atoms with Gasteiger partial charge in [0.2, 0.25) is 5.91 Å². The van der Waals surface area contributed by atoms with Crippen LogP contribution in [0.15, 0.2) is 18.2 Å². The van der Waals surface area contributed by atoms with E-state index in [2.05, 4.69) is 5.32 Å². The Balaban J connectivity index is 3.09. The van der Waals surface area contributed by atoms with Crippen LogP contribution in [0.5, 0.6) is 5.75 Å². The van der Waals surface area contributed by atoms with E-state index in [9.17, 15) is 14.4 Å². The number of nitrogens with zero attached hydrogens (tertiary/aromatic N) is 1. The number of carbonyl (C=O) groups is 3. The fourth-order valence-corrected chi connectivity index (χ4v) is 2.00. The quantitative estimate of drug-likeness (QED) is 0.727. The van der Waals surface area contributed by atoms with Crippen molar-refractivity contribution >= 4 is 23.3 Å². The van der Waals surface area contributed by atoms with E-state index in [-0.39, 0.29) is 12.2 Å². The third kappa shape index (κ3) is 4.47. The first-order chi connectivity index (χ1) is 10.3. The van der Waals surface area contributed by atoms with E-state index in [0.717, 1.165) is 0 Å². The number of ether oxygens (including phenoxy) is 1. The molecule has 0 radical (unpaired) electrons. The van der Waals surface area contributed by atoms with Crippen molar-refractivity contribution in [3.8, 4) is 5.75 Å². The molecule has 22 heavy (non-hydrogen) atoms. The Labute approximate surface area is 128 Å². The summed E-state index contributed by atoms with van der Waals surface area (Å²) in [6, 6.07) is 3.74. The average Bonchev–Trinajstić information content (AvgIpc) is 2.44.